The minimum absolute atomic E-state index is 0.0595. The molecule has 0 aromatic heterocycles. The van der Waals surface area contributed by atoms with E-state index >= 15 is 0 Å². The van der Waals surface area contributed by atoms with Gasteiger partial charge in [0.05, 0.1) is 0 Å². The number of hydrogen-bond donors (Lipinski definition) is 4. The van der Waals surface area contributed by atoms with Crippen molar-refractivity contribution in [2.75, 3.05) is 11.1 Å². The predicted molar refractivity (Wildman–Crippen MR) is 104 cm³/mol. The maximum atomic E-state index is 12.5. The fourth-order valence-electron chi connectivity index (χ4n) is 2.53. The van der Waals surface area contributed by atoms with Crippen molar-refractivity contribution in [2.45, 2.75) is 32.4 Å². The van der Waals surface area contributed by atoms with Crippen LogP contribution in [-0.4, -0.2) is 17.7 Å². The Bertz CT molecular complexity index is 718. The molecule has 0 aliphatic heterocycles. The topological polar surface area (TPSA) is 81.1 Å². The Morgan fingerprint density at radius 2 is 1.88 bits per heavy atom. The molecule has 0 saturated heterocycles. The second-order valence-electron chi connectivity index (χ2n) is 6.11. The van der Waals surface area contributed by atoms with E-state index in [2.05, 4.69) is 17.9 Å². The lowest BCUT2D eigenvalue weighted by molar-refractivity contribution is 0.102. The molecule has 1 unspecified atom stereocenters. The second-order valence-corrected chi connectivity index (χ2v) is 6.48. The van der Waals surface area contributed by atoms with E-state index in [9.17, 15) is 4.79 Å². The van der Waals surface area contributed by atoms with Crippen molar-refractivity contribution in [1.82, 2.24) is 0 Å². The zero-order valence-corrected chi connectivity index (χ0v) is 15.0. The molecule has 0 fully saturated rings. The summed E-state index contributed by atoms with van der Waals surface area (Å²) in [7, 11) is 0. The molecule has 2 rings (SSSR count). The molecule has 0 aliphatic carbocycles. The van der Waals surface area contributed by atoms with Crippen LogP contribution in [0.25, 0.3) is 0 Å². The number of benzene rings is 2. The monoisotopic (exact) mass is 343 g/mol. The summed E-state index contributed by atoms with van der Waals surface area (Å²) in [6, 6.07) is 13.0. The Balaban J connectivity index is 2.15. The van der Waals surface area contributed by atoms with Crippen LogP contribution in [0.3, 0.4) is 0 Å². The molecule has 1 amide bonds. The van der Waals surface area contributed by atoms with Crippen molar-refractivity contribution in [3.8, 4) is 0 Å². The average Bonchev–Trinajstić information content (AvgIpc) is 2.58. The van der Waals surface area contributed by atoms with Gasteiger partial charge in [0.2, 0.25) is 0 Å². The molecular formula is C19H25N3OS. The predicted octanol–water partition coefficient (Wildman–Crippen LogP) is 3.20. The molecule has 24 heavy (non-hydrogen) atoms. The van der Waals surface area contributed by atoms with E-state index in [1.165, 1.54) is 0 Å². The van der Waals surface area contributed by atoms with Crippen LogP contribution in [0.2, 0.25) is 0 Å². The number of aryl methyl sites for hydroxylation is 1. The van der Waals surface area contributed by atoms with E-state index in [1.54, 1.807) is 6.07 Å². The van der Waals surface area contributed by atoms with Gasteiger partial charge >= 0.3 is 0 Å². The number of carbonyl (C=O) groups excluding carboxylic acids is 1. The first-order chi connectivity index (χ1) is 11.4. The first-order valence-corrected chi connectivity index (χ1v) is 8.65. The molecule has 0 saturated carbocycles. The third-order valence-corrected chi connectivity index (χ3v) is 4.69. The summed E-state index contributed by atoms with van der Waals surface area (Å²) < 4.78 is 0. The molecule has 0 heterocycles. The number of nitrogens with two attached hydrogens (primary N) is 2. The highest BCUT2D eigenvalue weighted by atomic mass is 32.1. The molecule has 128 valence electrons. The summed E-state index contributed by atoms with van der Waals surface area (Å²) in [5.41, 5.74) is 16.6. The highest BCUT2D eigenvalue weighted by Gasteiger charge is 2.14. The summed E-state index contributed by atoms with van der Waals surface area (Å²) in [5.74, 6) is 0.441. The first kappa shape index (κ1) is 18.5. The fourth-order valence-corrected chi connectivity index (χ4v) is 2.68. The van der Waals surface area contributed by atoms with Gasteiger partial charge in [-0.25, -0.2) is 0 Å². The zero-order chi connectivity index (χ0) is 17.7. The summed E-state index contributed by atoms with van der Waals surface area (Å²) in [6.45, 7) is 4.02. The number of hydrogen-bond acceptors (Lipinski definition) is 4. The maximum Gasteiger partial charge on any atom is 0.255 e. The van der Waals surface area contributed by atoms with Crippen molar-refractivity contribution in [1.29, 1.82) is 0 Å². The lowest BCUT2D eigenvalue weighted by Gasteiger charge is -2.17. The van der Waals surface area contributed by atoms with Gasteiger partial charge in [0.1, 0.15) is 0 Å². The number of anilines is 1. The largest absolute Gasteiger partial charge is 0.327 e. The van der Waals surface area contributed by atoms with Crippen molar-refractivity contribution in [2.24, 2.45) is 11.5 Å². The van der Waals surface area contributed by atoms with Crippen molar-refractivity contribution in [3.05, 3.63) is 64.7 Å². The smallest absolute Gasteiger partial charge is 0.255 e. The molecule has 5 heteroatoms. The van der Waals surface area contributed by atoms with Gasteiger partial charge in [-0.1, -0.05) is 24.3 Å². The second kappa shape index (κ2) is 8.33. The van der Waals surface area contributed by atoms with E-state index < -0.39 is 0 Å². The SMILES string of the molecule is Cc1cccc(NC(=O)c2cccc(C(N)C[C@@H](N)CS)c2)c1C. The molecule has 2 aromatic rings. The third-order valence-electron chi connectivity index (χ3n) is 4.22. The van der Waals surface area contributed by atoms with E-state index in [4.69, 9.17) is 11.5 Å². The van der Waals surface area contributed by atoms with E-state index in [0.717, 1.165) is 22.4 Å². The van der Waals surface area contributed by atoms with Gasteiger partial charge < -0.3 is 16.8 Å². The van der Waals surface area contributed by atoms with Crippen LogP contribution < -0.4 is 16.8 Å². The van der Waals surface area contributed by atoms with Crippen molar-refractivity contribution >= 4 is 24.2 Å². The number of rotatable bonds is 6. The van der Waals surface area contributed by atoms with Gasteiger partial charge in [0.15, 0.2) is 0 Å². The molecular weight excluding hydrogens is 318 g/mol. The van der Waals surface area contributed by atoms with Gasteiger partial charge in [-0.05, 0) is 55.2 Å². The van der Waals surface area contributed by atoms with Gasteiger partial charge in [-0.15, -0.1) is 0 Å². The lowest BCUT2D eigenvalue weighted by Crippen LogP contribution is -2.27. The lowest BCUT2D eigenvalue weighted by atomic mass is 9.99. The number of thiol groups is 1. The van der Waals surface area contributed by atoms with Crippen LogP contribution >= 0.6 is 12.6 Å². The number of carbonyl (C=O) groups is 1. The average molecular weight is 343 g/mol. The van der Waals surface area contributed by atoms with Crippen molar-refractivity contribution in [3.63, 3.8) is 0 Å². The van der Waals surface area contributed by atoms with E-state index in [0.29, 0.717) is 17.7 Å². The van der Waals surface area contributed by atoms with Gasteiger partial charge in [-0.2, -0.15) is 12.6 Å². The summed E-state index contributed by atoms with van der Waals surface area (Å²) in [6.07, 6.45) is 0.631. The Hall–Kier alpha value is -1.82. The molecule has 0 bridgehead atoms. The van der Waals surface area contributed by atoms with E-state index in [-0.39, 0.29) is 18.0 Å². The molecule has 2 aromatic carbocycles. The van der Waals surface area contributed by atoms with Gasteiger partial charge in [-0.3, -0.25) is 4.79 Å². The summed E-state index contributed by atoms with van der Waals surface area (Å²) >= 11 is 4.18. The zero-order valence-electron chi connectivity index (χ0n) is 14.1. The Kier molecular flexibility index (Phi) is 6.43. The Morgan fingerprint density at radius 1 is 1.17 bits per heavy atom. The Morgan fingerprint density at radius 3 is 2.58 bits per heavy atom. The maximum absolute atomic E-state index is 12.5. The highest BCUT2D eigenvalue weighted by molar-refractivity contribution is 7.80. The van der Waals surface area contributed by atoms with Crippen LogP contribution in [0.4, 0.5) is 5.69 Å². The molecule has 0 spiro atoms. The quantitative estimate of drug-likeness (QED) is 0.608. The summed E-state index contributed by atoms with van der Waals surface area (Å²) in [5, 5.41) is 2.97. The fraction of sp³-hybridized carbons (Fsp3) is 0.316. The normalized spacial score (nSPS) is 13.4. The highest BCUT2D eigenvalue weighted by Crippen LogP contribution is 2.21. The molecule has 4 nitrogen and oxygen atoms in total. The van der Waals surface area contributed by atoms with Crippen molar-refractivity contribution < 1.29 is 4.79 Å². The van der Waals surface area contributed by atoms with Gasteiger partial charge in [0, 0.05) is 29.1 Å². The van der Waals surface area contributed by atoms with Crippen LogP contribution in [0.1, 0.15) is 39.5 Å². The van der Waals surface area contributed by atoms with Crippen LogP contribution in [-0.2, 0) is 0 Å². The summed E-state index contributed by atoms with van der Waals surface area (Å²) in [4.78, 5) is 12.5. The number of nitrogens with one attached hydrogen (secondary N) is 1. The Labute approximate surface area is 149 Å². The molecule has 2 atom stereocenters. The standard InChI is InChI=1S/C19H25N3OS/c1-12-5-3-8-18(13(12)2)22-19(23)15-7-4-6-14(9-15)17(21)10-16(20)11-24/h3-9,16-17,24H,10-11,20-21H2,1-2H3,(H,22,23)/t16-,17?/m1/s1. The van der Waals surface area contributed by atoms with Crippen LogP contribution in [0.5, 0.6) is 0 Å². The van der Waals surface area contributed by atoms with Crippen LogP contribution in [0, 0.1) is 13.8 Å². The van der Waals surface area contributed by atoms with E-state index in [1.807, 2.05) is 50.2 Å². The minimum Gasteiger partial charge on any atom is -0.327 e. The first-order valence-electron chi connectivity index (χ1n) is 8.02. The molecule has 0 radical (unpaired) electrons. The number of amides is 1. The molecule has 5 N–H and O–H groups in total. The van der Waals surface area contributed by atoms with Gasteiger partial charge in [0.25, 0.3) is 5.91 Å². The van der Waals surface area contributed by atoms with Crippen LogP contribution in [0.15, 0.2) is 42.5 Å². The molecule has 0 aliphatic rings. The third kappa shape index (κ3) is 4.60. The minimum atomic E-state index is -0.208.